The zero-order valence-corrected chi connectivity index (χ0v) is 68.7. The van der Waals surface area contributed by atoms with E-state index < -0.39 is 97.5 Å². The Kier molecular flexibility index (Phi) is 73.1. The average Bonchev–Trinajstić information content (AvgIpc) is 0.909. The summed E-state index contributed by atoms with van der Waals surface area (Å²) in [6, 6.07) is 0. The van der Waals surface area contributed by atoms with Gasteiger partial charge in [-0.05, 0) is 37.5 Å². The highest BCUT2D eigenvalue weighted by molar-refractivity contribution is 7.47. The van der Waals surface area contributed by atoms with E-state index in [1.807, 2.05) is 0 Å². The predicted molar refractivity (Wildman–Crippen MR) is 418 cm³/mol. The molecular weight excluding hydrogens is 1330 g/mol. The second-order valence-electron chi connectivity index (χ2n) is 30.8. The van der Waals surface area contributed by atoms with Gasteiger partial charge in [-0.15, -0.1) is 0 Å². The van der Waals surface area contributed by atoms with Crippen molar-refractivity contribution in [2.45, 2.75) is 458 Å². The van der Waals surface area contributed by atoms with Gasteiger partial charge in [-0.25, -0.2) is 9.13 Å². The maximum Gasteiger partial charge on any atom is 0.472 e. The Morgan fingerprint density at radius 2 is 0.451 bits per heavy atom. The molecule has 0 aliphatic heterocycles. The standard InChI is InChI=1S/C83H162O17P2/c1-7-9-11-13-15-17-19-21-23-25-27-29-31-33-38-42-48-55-61-67-82(87)99-78(71-93-80(85)65-59-53-47-41-37-32-30-28-26-24-22-20-18-16-14-12-10-8-2)73-97-101(89,90)95-69-77(84)70-96-102(91,92)98-74-79(72-94-81(86)66-60-54-50-44-46-52-58-64-76(5)6)100-83(88)68-62-56-49-43-39-35-34-36-40-45-51-57-63-75(3)4/h75-79,84H,7-74H2,1-6H3,(H,89,90)(H,91,92)/t77-,78-,79-/m1/s1. The first-order chi connectivity index (χ1) is 49.4. The van der Waals surface area contributed by atoms with Gasteiger partial charge in [0, 0.05) is 25.7 Å². The van der Waals surface area contributed by atoms with Crippen LogP contribution in [0.1, 0.15) is 440 Å². The molecule has 0 spiro atoms. The first-order valence-electron chi connectivity index (χ1n) is 43.0. The molecule has 0 aromatic heterocycles. The molecule has 606 valence electrons. The number of carbonyl (C=O) groups excluding carboxylic acids is 4. The van der Waals surface area contributed by atoms with Crippen LogP contribution in [0.2, 0.25) is 0 Å². The number of hydrogen-bond donors (Lipinski definition) is 3. The molecule has 0 fully saturated rings. The number of hydrogen-bond acceptors (Lipinski definition) is 15. The molecule has 0 aromatic rings. The Balaban J connectivity index is 5.23. The molecule has 0 bridgehead atoms. The summed E-state index contributed by atoms with van der Waals surface area (Å²) in [5.74, 6) is -0.625. The number of aliphatic hydroxyl groups is 1. The summed E-state index contributed by atoms with van der Waals surface area (Å²) in [6.45, 7) is 9.60. The molecule has 2 unspecified atom stereocenters. The molecule has 17 nitrogen and oxygen atoms in total. The molecule has 102 heavy (non-hydrogen) atoms. The van der Waals surface area contributed by atoms with Crippen LogP contribution >= 0.6 is 15.6 Å². The minimum absolute atomic E-state index is 0.106. The van der Waals surface area contributed by atoms with Gasteiger partial charge in [-0.1, -0.05) is 388 Å². The van der Waals surface area contributed by atoms with Crippen molar-refractivity contribution >= 4 is 39.5 Å². The summed E-state index contributed by atoms with van der Waals surface area (Å²) in [7, 11) is -9.92. The fraction of sp³-hybridized carbons (Fsp3) is 0.952. The quantitative estimate of drug-likeness (QED) is 0.0222. The van der Waals surface area contributed by atoms with Gasteiger partial charge < -0.3 is 33.8 Å². The molecule has 0 saturated carbocycles. The van der Waals surface area contributed by atoms with Gasteiger partial charge in [0.25, 0.3) is 0 Å². The molecule has 0 heterocycles. The van der Waals surface area contributed by atoms with Crippen molar-refractivity contribution in [2.75, 3.05) is 39.6 Å². The molecule has 0 radical (unpaired) electrons. The van der Waals surface area contributed by atoms with E-state index in [1.54, 1.807) is 0 Å². The zero-order valence-electron chi connectivity index (χ0n) is 66.9. The van der Waals surface area contributed by atoms with Crippen molar-refractivity contribution in [3.8, 4) is 0 Å². The van der Waals surface area contributed by atoms with Crippen LogP contribution in [-0.2, 0) is 65.4 Å². The smallest absolute Gasteiger partial charge is 0.462 e. The van der Waals surface area contributed by atoms with Crippen molar-refractivity contribution in [1.82, 2.24) is 0 Å². The molecule has 0 aliphatic carbocycles. The molecule has 0 amide bonds. The lowest BCUT2D eigenvalue weighted by Gasteiger charge is -2.21. The number of esters is 4. The molecule has 0 saturated heterocycles. The SMILES string of the molecule is CCCCCCCCCCCCCCCCCCCCCC(=O)O[C@H](COC(=O)CCCCCCCCCCCCCCCCCCCC)COP(=O)(O)OC[C@@H](O)COP(=O)(O)OC[C@@H](COC(=O)CCCCCCCCCC(C)C)OC(=O)CCCCCCCCCCCCCCC(C)C. The van der Waals surface area contributed by atoms with E-state index in [1.165, 1.54) is 250 Å². The Hall–Kier alpha value is -1.94. The van der Waals surface area contributed by atoms with Gasteiger partial charge in [0.1, 0.15) is 19.3 Å². The largest absolute Gasteiger partial charge is 0.472 e. The molecule has 5 atom stereocenters. The molecule has 0 aliphatic rings. The molecular formula is C83H162O17P2. The number of rotatable bonds is 82. The lowest BCUT2D eigenvalue weighted by Crippen LogP contribution is -2.30. The third-order valence-electron chi connectivity index (χ3n) is 19.5. The molecule has 0 aromatic carbocycles. The van der Waals surface area contributed by atoms with Gasteiger partial charge in [0.2, 0.25) is 0 Å². The van der Waals surface area contributed by atoms with Gasteiger partial charge in [-0.3, -0.25) is 37.3 Å². The summed E-state index contributed by atoms with van der Waals surface area (Å²) >= 11 is 0. The molecule has 3 N–H and O–H groups in total. The van der Waals surface area contributed by atoms with Crippen LogP contribution in [0.4, 0.5) is 0 Å². The lowest BCUT2D eigenvalue weighted by molar-refractivity contribution is -0.161. The Labute approximate surface area is 626 Å². The first-order valence-corrected chi connectivity index (χ1v) is 46.0. The topological polar surface area (TPSA) is 237 Å². The maximum atomic E-state index is 13.1. The number of aliphatic hydroxyl groups excluding tert-OH is 1. The Bertz CT molecular complexity index is 1960. The fourth-order valence-electron chi connectivity index (χ4n) is 12.9. The van der Waals surface area contributed by atoms with E-state index in [4.69, 9.17) is 37.0 Å². The van der Waals surface area contributed by atoms with Crippen LogP contribution in [0.3, 0.4) is 0 Å². The number of phosphoric ester groups is 2. The summed E-state index contributed by atoms with van der Waals surface area (Å²) in [6.07, 6.45) is 65.4. The van der Waals surface area contributed by atoms with Gasteiger partial charge in [0.05, 0.1) is 26.4 Å². The normalized spacial score (nSPS) is 13.9. The van der Waals surface area contributed by atoms with Crippen molar-refractivity contribution in [3.63, 3.8) is 0 Å². The maximum absolute atomic E-state index is 13.1. The second-order valence-corrected chi connectivity index (χ2v) is 33.7. The number of carbonyl (C=O) groups is 4. The van der Waals surface area contributed by atoms with E-state index in [-0.39, 0.29) is 25.7 Å². The summed E-state index contributed by atoms with van der Waals surface area (Å²) in [5, 5.41) is 10.7. The molecule has 0 rings (SSSR count). The van der Waals surface area contributed by atoms with Crippen LogP contribution in [-0.4, -0.2) is 96.7 Å². The highest BCUT2D eigenvalue weighted by atomic mass is 31.2. The van der Waals surface area contributed by atoms with E-state index in [2.05, 4.69) is 41.5 Å². The highest BCUT2D eigenvalue weighted by Gasteiger charge is 2.30. The van der Waals surface area contributed by atoms with Crippen molar-refractivity contribution in [1.29, 1.82) is 0 Å². The van der Waals surface area contributed by atoms with E-state index in [9.17, 15) is 43.2 Å². The zero-order chi connectivity index (χ0) is 74.9. The van der Waals surface area contributed by atoms with Crippen LogP contribution in [0, 0.1) is 11.8 Å². The van der Waals surface area contributed by atoms with Gasteiger partial charge in [-0.2, -0.15) is 0 Å². The van der Waals surface area contributed by atoms with Gasteiger partial charge >= 0.3 is 39.5 Å². The van der Waals surface area contributed by atoms with Crippen LogP contribution < -0.4 is 0 Å². The van der Waals surface area contributed by atoms with Crippen molar-refractivity contribution in [2.24, 2.45) is 11.8 Å². The number of unbranched alkanes of at least 4 members (excludes halogenated alkanes) is 52. The predicted octanol–water partition coefficient (Wildman–Crippen LogP) is 25.1. The number of phosphoric acid groups is 2. The van der Waals surface area contributed by atoms with Crippen LogP contribution in [0.5, 0.6) is 0 Å². The van der Waals surface area contributed by atoms with E-state index in [0.717, 1.165) is 102 Å². The minimum Gasteiger partial charge on any atom is -0.462 e. The highest BCUT2D eigenvalue weighted by Crippen LogP contribution is 2.45. The average molecular weight is 1490 g/mol. The van der Waals surface area contributed by atoms with Crippen LogP contribution in [0.15, 0.2) is 0 Å². The van der Waals surface area contributed by atoms with E-state index >= 15 is 0 Å². The third-order valence-corrected chi connectivity index (χ3v) is 21.4. The summed E-state index contributed by atoms with van der Waals surface area (Å²) in [5.41, 5.74) is 0. The summed E-state index contributed by atoms with van der Waals surface area (Å²) in [4.78, 5) is 73.1. The first kappa shape index (κ1) is 100. The van der Waals surface area contributed by atoms with Crippen molar-refractivity contribution in [3.05, 3.63) is 0 Å². The second kappa shape index (κ2) is 74.5. The molecule has 19 heteroatoms. The Morgan fingerprint density at radius 3 is 0.667 bits per heavy atom. The third kappa shape index (κ3) is 76.3. The Morgan fingerprint density at radius 1 is 0.265 bits per heavy atom. The lowest BCUT2D eigenvalue weighted by atomic mass is 10.0. The number of ether oxygens (including phenoxy) is 4. The van der Waals surface area contributed by atoms with Crippen LogP contribution in [0.25, 0.3) is 0 Å². The monoisotopic (exact) mass is 1490 g/mol. The van der Waals surface area contributed by atoms with Crippen molar-refractivity contribution < 1.29 is 80.2 Å². The van der Waals surface area contributed by atoms with E-state index in [0.29, 0.717) is 31.6 Å². The van der Waals surface area contributed by atoms with Gasteiger partial charge in [0.15, 0.2) is 12.2 Å². The fourth-order valence-corrected chi connectivity index (χ4v) is 14.5. The summed E-state index contributed by atoms with van der Waals surface area (Å²) < 4.78 is 68.8. The minimum atomic E-state index is -4.96.